The molecule has 0 unspecified atom stereocenters. The van der Waals surface area contributed by atoms with Crippen molar-refractivity contribution in [3.05, 3.63) is 30.1 Å². The molecule has 0 fully saturated rings. The molecule has 1 aromatic heterocycles. The van der Waals surface area contributed by atoms with E-state index in [0.717, 1.165) is 6.54 Å². The Morgan fingerprint density at radius 2 is 1.77 bits per heavy atom. The fraction of sp³-hybridized carbons (Fsp3) is 0.545. The summed E-state index contributed by atoms with van der Waals surface area (Å²) in [7, 11) is 0. The number of aromatic nitrogens is 1. The van der Waals surface area contributed by atoms with Gasteiger partial charge in [0.15, 0.2) is 0 Å². The van der Waals surface area contributed by atoms with Crippen molar-refractivity contribution in [2.24, 2.45) is 0 Å². The molecular weight excluding hydrogens is 160 g/mol. The van der Waals surface area contributed by atoms with E-state index in [1.165, 1.54) is 5.56 Å². The minimum Gasteiger partial charge on any atom is -0.310 e. The predicted octanol–water partition coefficient (Wildman–Crippen LogP) is 2.61. The lowest BCUT2D eigenvalue weighted by Crippen LogP contribution is -2.21. The summed E-state index contributed by atoms with van der Waals surface area (Å²) in [6.45, 7) is 9.21. The van der Waals surface area contributed by atoms with Crippen molar-refractivity contribution in [2.45, 2.75) is 40.3 Å². The van der Waals surface area contributed by atoms with Crippen LogP contribution in [0.2, 0.25) is 0 Å². The van der Waals surface area contributed by atoms with Crippen molar-refractivity contribution in [3.63, 3.8) is 0 Å². The Hall–Kier alpha value is -0.890. The summed E-state index contributed by atoms with van der Waals surface area (Å²) in [5.41, 5.74) is 1.29. The van der Waals surface area contributed by atoms with Crippen LogP contribution in [-0.2, 0) is 6.54 Å². The third kappa shape index (κ3) is 6.29. The molecule has 2 heteroatoms. The highest BCUT2D eigenvalue weighted by Crippen LogP contribution is 1.95. The first-order valence-electron chi connectivity index (χ1n) is 4.91. The molecule has 0 atom stereocenters. The number of pyridine rings is 1. The van der Waals surface area contributed by atoms with Crippen molar-refractivity contribution in [1.29, 1.82) is 0 Å². The average molecular weight is 180 g/mol. The molecule has 1 aromatic rings. The van der Waals surface area contributed by atoms with Crippen molar-refractivity contribution in [3.8, 4) is 0 Å². The minimum atomic E-state index is 0.545. The first-order chi connectivity index (χ1) is 6.29. The number of hydrogen-bond donors (Lipinski definition) is 1. The maximum Gasteiger partial charge on any atom is 0.0271 e. The fourth-order valence-corrected chi connectivity index (χ4v) is 0.823. The van der Waals surface area contributed by atoms with Gasteiger partial charge in [-0.15, -0.1) is 0 Å². The molecule has 1 N–H and O–H groups in total. The molecule has 0 saturated heterocycles. The van der Waals surface area contributed by atoms with Gasteiger partial charge < -0.3 is 5.32 Å². The fourth-order valence-electron chi connectivity index (χ4n) is 0.823. The molecule has 2 nitrogen and oxygen atoms in total. The van der Waals surface area contributed by atoms with Gasteiger partial charge in [-0.1, -0.05) is 27.7 Å². The van der Waals surface area contributed by atoms with E-state index in [2.05, 4.69) is 24.1 Å². The first kappa shape index (κ1) is 12.1. The van der Waals surface area contributed by atoms with Crippen LogP contribution in [0.15, 0.2) is 24.5 Å². The molecule has 74 valence electrons. The predicted molar refractivity (Wildman–Crippen MR) is 57.6 cm³/mol. The zero-order chi connectivity index (χ0) is 10.1. The zero-order valence-electron chi connectivity index (χ0n) is 9.04. The first-order valence-corrected chi connectivity index (χ1v) is 4.91. The Morgan fingerprint density at radius 1 is 1.23 bits per heavy atom. The molecule has 0 aliphatic rings. The van der Waals surface area contributed by atoms with Gasteiger partial charge in [0.1, 0.15) is 0 Å². The van der Waals surface area contributed by atoms with Crippen molar-refractivity contribution >= 4 is 0 Å². The molecule has 1 rings (SSSR count). The summed E-state index contributed by atoms with van der Waals surface area (Å²) in [6.07, 6.45) is 3.63. The van der Waals surface area contributed by atoms with Gasteiger partial charge in [0.2, 0.25) is 0 Å². The standard InChI is InChI=1S/C9H14N2.C2H6/c1-8(2)11-7-9-3-5-10-6-4-9;1-2/h3-6,8,11H,7H2,1-2H3;1-2H3. The number of nitrogens with zero attached hydrogens (tertiary/aromatic N) is 1. The van der Waals surface area contributed by atoms with E-state index >= 15 is 0 Å². The molecule has 0 aromatic carbocycles. The van der Waals surface area contributed by atoms with E-state index < -0.39 is 0 Å². The van der Waals surface area contributed by atoms with Gasteiger partial charge in [0.25, 0.3) is 0 Å². The summed E-state index contributed by atoms with van der Waals surface area (Å²) < 4.78 is 0. The third-order valence-corrected chi connectivity index (χ3v) is 1.46. The van der Waals surface area contributed by atoms with Crippen LogP contribution in [0.5, 0.6) is 0 Å². The molecule has 0 bridgehead atoms. The molecular formula is C11H20N2. The number of rotatable bonds is 3. The molecule has 0 aliphatic carbocycles. The maximum atomic E-state index is 3.94. The van der Waals surface area contributed by atoms with Crippen LogP contribution < -0.4 is 5.32 Å². The highest BCUT2D eigenvalue weighted by molar-refractivity contribution is 5.08. The second kappa shape index (κ2) is 7.74. The number of hydrogen-bond acceptors (Lipinski definition) is 2. The van der Waals surface area contributed by atoms with E-state index in [1.807, 2.05) is 38.4 Å². The van der Waals surface area contributed by atoms with Crippen LogP contribution >= 0.6 is 0 Å². The van der Waals surface area contributed by atoms with E-state index in [0.29, 0.717) is 6.04 Å². The lowest BCUT2D eigenvalue weighted by atomic mass is 10.2. The number of nitrogens with one attached hydrogen (secondary N) is 1. The van der Waals surface area contributed by atoms with Crippen molar-refractivity contribution < 1.29 is 0 Å². The normalized spacial score (nSPS) is 9.31. The summed E-state index contributed by atoms with van der Waals surface area (Å²) in [5.74, 6) is 0. The second-order valence-corrected chi connectivity index (χ2v) is 2.89. The molecule has 0 saturated carbocycles. The van der Waals surface area contributed by atoms with Gasteiger partial charge in [-0.25, -0.2) is 0 Å². The molecule has 0 aliphatic heterocycles. The van der Waals surface area contributed by atoms with Gasteiger partial charge in [-0.05, 0) is 17.7 Å². The average Bonchev–Trinajstić information content (AvgIpc) is 2.19. The van der Waals surface area contributed by atoms with Gasteiger partial charge in [0.05, 0.1) is 0 Å². The van der Waals surface area contributed by atoms with Crippen LogP contribution in [0.1, 0.15) is 33.3 Å². The van der Waals surface area contributed by atoms with Gasteiger partial charge in [-0.2, -0.15) is 0 Å². The Balaban J connectivity index is 0.000000671. The second-order valence-electron chi connectivity index (χ2n) is 2.89. The largest absolute Gasteiger partial charge is 0.310 e. The van der Waals surface area contributed by atoms with E-state index in [1.54, 1.807) is 0 Å². The minimum absolute atomic E-state index is 0.545. The van der Waals surface area contributed by atoms with E-state index in [9.17, 15) is 0 Å². The molecule has 0 amide bonds. The SMILES string of the molecule is CC.CC(C)NCc1ccncc1. The third-order valence-electron chi connectivity index (χ3n) is 1.46. The summed E-state index contributed by atoms with van der Waals surface area (Å²) in [4.78, 5) is 3.94. The van der Waals surface area contributed by atoms with Crippen LogP contribution in [0.25, 0.3) is 0 Å². The lowest BCUT2D eigenvalue weighted by Gasteiger charge is -2.06. The van der Waals surface area contributed by atoms with Gasteiger partial charge in [-0.3, -0.25) is 4.98 Å². The Morgan fingerprint density at radius 3 is 2.23 bits per heavy atom. The van der Waals surface area contributed by atoms with Crippen molar-refractivity contribution in [1.82, 2.24) is 10.3 Å². The Bertz CT molecular complexity index is 195. The monoisotopic (exact) mass is 180 g/mol. The van der Waals surface area contributed by atoms with Gasteiger partial charge >= 0.3 is 0 Å². The van der Waals surface area contributed by atoms with Gasteiger partial charge in [0, 0.05) is 25.0 Å². The smallest absolute Gasteiger partial charge is 0.0271 e. The van der Waals surface area contributed by atoms with E-state index in [-0.39, 0.29) is 0 Å². The van der Waals surface area contributed by atoms with Crippen LogP contribution in [0.3, 0.4) is 0 Å². The summed E-state index contributed by atoms with van der Waals surface area (Å²) >= 11 is 0. The van der Waals surface area contributed by atoms with Crippen LogP contribution in [0.4, 0.5) is 0 Å². The maximum absolute atomic E-state index is 3.94. The highest BCUT2D eigenvalue weighted by atomic mass is 14.9. The molecule has 1 heterocycles. The Labute approximate surface area is 81.4 Å². The van der Waals surface area contributed by atoms with Crippen LogP contribution in [-0.4, -0.2) is 11.0 Å². The summed E-state index contributed by atoms with van der Waals surface area (Å²) in [5, 5.41) is 3.33. The van der Waals surface area contributed by atoms with Crippen LogP contribution in [0, 0.1) is 0 Å². The highest BCUT2D eigenvalue weighted by Gasteiger charge is 1.92. The molecule has 13 heavy (non-hydrogen) atoms. The molecule has 0 spiro atoms. The topological polar surface area (TPSA) is 24.9 Å². The zero-order valence-corrected chi connectivity index (χ0v) is 9.04. The summed E-state index contributed by atoms with van der Waals surface area (Å²) in [6, 6.07) is 4.59. The van der Waals surface area contributed by atoms with E-state index in [4.69, 9.17) is 0 Å². The quantitative estimate of drug-likeness (QED) is 0.773. The lowest BCUT2D eigenvalue weighted by molar-refractivity contribution is 0.588. The molecule has 0 radical (unpaired) electrons. The Kier molecular flexibility index (Phi) is 7.21. The van der Waals surface area contributed by atoms with Crippen molar-refractivity contribution in [2.75, 3.05) is 0 Å².